The van der Waals surface area contributed by atoms with Gasteiger partial charge in [-0.1, -0.05) is 19.3 Å². The lowest BCUT2D eigenvalue weighted by Gasteiger charge is -2.48. The molecule has 2 saturated carbocycles. The lowest BCUT2D eigenvalue weighted by Crippen LogP contribution is -2.53. The molecular weight excluding hydrogens is 252 g/mol. The zero-order valence-corrected chi connectivity index (χ0v) is 11.3. The van der Waals surface area contributed by atoms with Crippen molar-refractivity contribution in [2.45, 2.75) is 38.1 Å². The third-order valence-electron chi connectivity index (χ3n) is 4.95. The fourth-order valence-electron chi connectivity index (χ4n) is 3.84. The van der Waals surface area contributed by atoms with Crippen LogP contribution in [0.1, 0.15) is 42.6 Å². The van der Waals surface area contributed by atoms with Crippen molar-refractivity contribution in [3.8, 4) is 0 Å². The van der Waals surface area contributed by atoms with Gasteiger partial charge >= 0.3 is 0 Å². The van der Waals surface area contributed by atoms with Gasteiger partial charge in [-0.25, -0.2) is 0 Å². The predicted molar refractivity (Wildman–Crippen MR) is 75.3 cm³/mol. The van der Waals surface area contributed by atoms with Crippen LogP contribution in [0.2, 0.25) is 0 Å². The van der Waals surface area contributed by atoms with E-state index >= 15 is 0 Å². The van der Waals surface area contributed by atoms with E-state index in [9.17, 15) is 4.79 Å². The van der Waals surface area contributed by atoms with Crippen LogP contribution in [0.15, 0.2) is 29.0 Å². The van der Waals surface area contributed by atoms with Crippen LogP contribution in [0.4, 0.5) is 0 Å². The average molecular weight is 270 g/mol. The number of aromatic nitrogens is 1. The zero-order chi connectivity index (χ0) is 13.5. The highest BCUT2D eigenvalue weighted by molar-refractivity contribution is 6.04. The van der Waals surface area contributed by atoms with Crippen LogP contribution in [0, 0.1) is 11.8 Å². The molecular formula is C16H18N2O2. The van der Waals surface area contributed by atoms with Gasteiger partial charge < -0.3 is 9.73 Å². The van der Waals surface area contributed by atoms with Crippen molar-refractivity contribution in [1.82, 2.24) is 10.3 Å². The molecule has 0 unspecified atom stereocenters. The van der Waals surface area contributed by atoms with Gasteiger partial charge in [0.2, 0.25) is 0 Å². The van der Waals surface area contributed by atoms with Gasteiger partial charge in [-0.15, -0.1) is 0 Å². The van der Waals surface area contributed by atoms with Crippen molar-refractivity contribution in [2.75, 3.05) is 0 Å². The molecule has 4 rings (SSSR count). The highest BCUT2D eigenvalue weighted by Crippen LogP contribution is 2.45. The Hall–Kier alpha value is -1.84. The van der Waals surface area contributed by atoms with Crippen LogP contribution in [-0.4, -0.2) is 16.9 Å². The molecule has 2 fully saturated rings. The summed E-state index contributed by atoms with van der Waals surface area (Å²) in [5.41, 5.74) is 1.20. The smallest absolute Gasteiger partial charge is 0.270 e. The first-order chi connectivity index (χ1) is 9.83. The van der Waals surface area contributed by atoms with Crippen molar-refractivity contribution < 1.29 is 9.21 Å². The van der Waals surface area contributed by atoms with E-state index in [0.29, 0.717) is 23.2 Å². The first-order valence-corrected chi connectivity index (χ1v) is 7.46. The van der Waals surface area contributed by atoms with Crippen molar-refractivity contribution in [1.29, 1.82) is 0 Å². The Morgan fingerprint density at radius 2 is 2.20 bits per heavy atom. The van der Waals surface area contributed by atoms with E-state index in [1.54, 1.807) is 24.6 Å². The molecule has 1 N–H and O–H groups in total. The van der Waals surface area contributed by atoms with E-state index in [1.807, 2.05) is 0 Å². The quantitative estimate of drug-likeness (QED) is 0.912. The number of rotatable bonds is 2. The van der Waals surface area contributed by atoms with Crippen molar-refractivity contribution in [3.63, 3.8) is 0 Å². The number of nitrogens with zero attached hydrogens (tertiary/aromatic N) is 1. The van der Waals surface area contributed by atoms with Crippen LogP contribution in [-0.2, 0) is 0 Å². The zero-order valence-electron chi connectivity index (χ0n) is 11.3. The fourth-order valence-corrected chi connectivity index (χ4v) is 3.84. The third kappa shape index (κ3) is 1.82. The number of hydrogen-bond acceptors (Lipinski definition) is 3. The van der Waals surface area contributed by atoms with Gasteiger partial charge in [0.1, 0.15) is 11.3 Å². The maximum absolute atomic E-state index is 12.4. The molecule has 2 aromatic heterocycles. The number of carbonyl (C=O) groups excluding carboxylic acids is 1. The Labute approximate surface area is 117 Å². The minimum absolute atomic E-state index is 0.0639. The number of fused-ring (bicyclic) bond motifs is 2. The molecule has 0 aromatic carbocycles. The fraction of sp³-hybridized carbons (Fsp3) is 0.500. The summed E-state index contributed by atoms with van der Waals surface area (Å²) >= 11 is 0. The van der Waals surface area contributed by atoms with Crippen LogP contribution in [0.3, 0.4) is 0 Å². The second kappa shape index (κ2) is 4.62. The van der Waals surface area contributed by atoms with E-state index in [1.165, 1.54) is 25.7 Å². The minimum Gasteiger partial charge on any atom is -0.464 e. The normalized spacial score (nSPS) is 28.7. The molecule has 3 atom stereocenters. The topological polar surface area (TPSA) is 55.1 Å². The second-order valence-electron chi connectivity index (χ2n) is 6.02. The van der Waals surface area contributed by atoms with Gasteiger partial charge in [0, 0.05) is 12.2 Å². The Morgan fingerprint density at radius 1 is 1.30 bits per heavy atom. The summed E-state index contributed by atoms with van der Waals surface area (Å²) in [7, 11) is 0. The van der Waals surface area contributed by atoms with Gasteiger partial charge in [0.25, 0.3) is 5.91 Å². The van der Waals surface area contributed by atoms with Crippen molar-refractivity contribution in [3.05, 3.63) is 30.3 Å². The molecule has 1 amide bonds. The van der Waals surface area contributed by atoms with Gasteiger partial charge in [-0.2, -0.15) is 0 Å². The van der Waals surface area contributed by atoms with Crippen molar-refractivity contribution in [2.24, 2.45) is 11.8 Å². The summed E-state index contributed by atoms with van der Waals surface area (Å²) in [6.45, 7) is 0. The molecule has 0 saturated heterocycles. The van der Waals surface area contributed by atoms with Gasteiger partial charge in [0.05, 0.1) is 11.6 Å². The van der Waals surface area contributed by atoms with E-state index in [2.05, 4.69) is 10.3 Å². The Morgan fingerprint density at radius 3 is 3.10 bits per heavy atom. The largest absolute Gasteiger partial charge is 0.464 e. The van der Waals surface area contributed by atoms with E-state index in [0.717, 1.165) is 17.7 Å². The lowest BCUT2D eigenvalue weighted by molar-refractivity contribution is 0.0514. The van der Waals surface area contributed by atoms with E-state index < -0.39 is 0 Å². The molecule has 2 aliphatic carbocycles. The Kier molecular flexibility index (Phi) is 2.76. The number of hydrogen-bond donors (Lipinski definition) is 1. The molecule has 2 aliphatic rings. The van der Waals surface area contributed by atoms with Gasteiger partial charge in [-0.3, -0.25) is 9.78 Å². The number of furan rings is 1. The molecule has 2 aromatic rings. The monoisotopic (exact) mass is 270 g/mol. The number of pyridine rings is 1. The number of amides is 1. The van der Waals surface area contributed by atoms with Crippen LogP contribution < -0.4 is 5.32 Å². The Bertz CT molecular complexity index is 649. The molecule has 20 heavy (non-hydrogen) atoms. The maximum Gasteiger partial charge on any atom is 0.270 e. The van der Waals surface area contributed by atoms with Gasteiger partial charge in [-0.05, 0) is 36.8 Å². The third-order valence-corrected chi connectivity index (χ3v) is 4.95. The standard InChI is InChI=1S/C16H18N2O2/c19-16(15-12-6-8-20-14(12)5-7-17-15)18-13-9-10-3-1-2-4-11(10)13/h5-8,10-11,13H,1-4,9H2,(H,18,19)/t10-,11-,13+/m0/s1. The van der Waals surface area contributed by atoms with E-state index in [-0.39, 0.29) is 5.91 Å². The highest BCUT2D eigenvalue weighted by atomic mass is 16.3. The second-order valence-corrected chi connectivity index (χ2v) is 6.02. The maximum atomic E-state index is 12.4. The summed E-state index contributed by atoms with van der Waals surface area (Å²) in [6.07, 6.45) is 9.64. The predicted octanol–water partition coefficient (Wildman–Crippen LogP) is 3.14. The summed E-state index contributed by atoms with van der Waals surface area (Å²) in [5, 5.41) is 3.97. The summed E-state index contributed by atoms with van der Waals surface area (Å²) in [5.74, 6) is 1.47. The minimum atomic E-state index is -0.0639. The van der Waals surface area contributed by atoms with Crippen LogP contribution in [0.5, 0.6) is 0 Å². The molecule has 0 radical (unpaired) electrons. The first-order valence-electron chi connectivity index (χ1n) is 7.46. The number of carbonyl (C=O) groups is 1. The molecule has 4 heteroatoms. The van der Waals surface area contributed by atoms with E-state index in [4.69, 9.17) is 4.42 Å². The SMILES string of the molecule is O=C(N[C@@H]1C[C@@H]2CCCC[C@@H]21)c1nccc2occc12. The first kappa shape index (κ1) is 11.9. The number of nitrogens with one attached hydrogen (secondary N) is 1. The average Bonchev–Trinajstić information content (AvgIpc) is 2.92. The Balaban J connectivity index is 1.52. The molecule has 0 aliphatic heterocycles. The molecule has 0 bridgehead atoms. The summed E-state index contributed by atoms with van der Waals surface area (Å²) in [6, 6.07) is 3.94. The summed E-state index contributed by atoms with van der Waals surface area (Å²) < 4.78 is 5.32. The van der Waals surface area contributed by atoms with Crippen LogP contribution in [0.25, 0.3) is 11.0 Å². The molecule has 4 nitrogen and oxygen atoms in total. The molecule has 104 valence electrons. The van der Waals surface area contributed by atoms with Crippen LogP contribution >= 0.6 is 0 Å². The van der Waals surface area contributed by atoms with Crippen molar-refractivity contribution >= 4 is 16.9 Å². The highest BCUT2D eigenvalue weighted by Gasteiger charge is 2.42. The lowest BCUT2D eigenvalue weighted by atomic mass is 9.62. The summed E-state index contributed by atoms with van der Waals surface area (Å²) in [4.78, 5) is 16.6. The van der Waals surface area contributed by atoms with Gasteiger partial charge in [0.15, 0.2) is 0 Å². The molecule has 2 heterocycles. The molecule has 0 spiro atoms.